The molecule has 0 saturated carbocycles. The summed E-state index contributed by atoms with van der Waals surface area (Å²) in [5, 5.41) is 3.00. The lowest BCUT2D eigenvalue weighted by Gasteiger charge is -2.16. The van der Waals surface area contributed by atoms with Gasteiger partial charge in [0.15, 0.2) is 0 Å². The summed E-state index contributed by atoms with van der Waals surface area (Å²) in [6.07, 6.45) is 0. The zero-order chi connectivity index (χ0) is 11.7. The van der Waals surface area contributed by atoms with Gasteiger partial charge >= 0.3 is 0 Å². The van der Waals surface area contributed by atoms with Crippen LogP contribution in [0.2, 0.25) is 5.02 Å². The van der Waals surface area contributed by atoms with Crippen LogP contribution in [0.1, 0.15) is 5.56 Å². The van der Waals surface area contributed by atoms with E-state index in [9.17, 15) is 0 Å². The predicted molar refractivity (Wildman–Crippen MR) is 77.6 cm³/mol. The summed E-state index contributed by atoms with van der Waals surface area (Å²) in [6.45, 7) is 0. The van der Waals surface area contributed by atoms with Crippen molar-refractivity contribution in [2.75, 3.05) is 0 Å². The Morgan fingerprint density at radius 3 is 2.53 bits per heavy atom. The second-order valence-electron chi connectivity index (χ2n) is 3.66. The lowest BCUT2D eigenvalue weighted by Crippen LogP contribution is -1.86. The van der Waals surface area contributed by atoms with Crippen molar-refractivity contribution in [3.05, 3.63) is 64.5 Å². The van der Waals surface area contributed by atoms with Crippen LogP contribution in [0.5, 0.6) is 0 Å². The Kier molecular flexibility index (Phi) is 3.19. The number of hydrogen-bond donors (Lipinski definition) is 0. The lowest BCUT2D eigenvalue weighted by molar-refractivity contribution is 1.26. The van der Waals surface area contributed by atoms with Crippen molar-refractivity contribution >= 4 is 40.0 Å². The number of halogens is 1. The molecule has 84 valence electrons. The maximum Gasteiger partial charge on any atom is 0.0418 e. The molecule has 0 radical (unpaired) electrons. The highest BCUT2D eigenvalue weighted by atomic mass is 35.5. The van der Waals surface area contributed by atoms with E-state index < -0.39 is 0 Å². The van der Waals surface area contributed by atoms with Crippen LogP contribution < -0.4 is 0 Å². The quantitative estimate of drug-likeness (QED) is 0.671. The summed E-state index contributed by atoms with van der Waals surface area (Å²) in [6, 6.07) is 16.5. The lowest BCUT2D eigenvalue weighted by atomic mass is 10.2. The zero-order valence-electron chi connectivity index (χ0n) is 8.89. The van der Waals surface area contributed by atoms with Crippen LogP contribution >= 0.6 is 35.1 Å². The van der Waals surface area contributed by atoms with Gasteiger partial charge in [0, 0.05) is 19.7 Å². The van der Waals surface area contributed by atoms with Crippen molar-refractivity contribution in [2.24, 2.45) is 0 Å². The molecule has 3 heteroatoms. The van der Waals surface area contributed by atoms with Gasteiger partial charge in [-0.3, -0.25) is 0 Å². The van der Waals surface area contributed by atoms with Crippen molar-refractivity contribution < 1.29 is 0 Å². The maximum absolute atomic E-state index is 6.03. The van der Waals surface area contributed by atoms with Gasteiger partial charge in [0.2, 0.25) is 0 Å². The Balaban J connectivity index is 1.96. The van der Waals surface area contributed by atoms with E-state index in [4.69, 9.17) is 11.6 Å². The molecule has 0 aromatic heterocycles. The summed E-state index contributed by atoms with van der Waals surface area (Å²) in [5.41, 5.74) is 1.26. The predicted octanol–water partition coefficient (Wildman–Crippen LogP) is 5.54. The molecule has 0 amide bonds. The van der Waals surface area contributed by atoms with Gasteiger partial charge in [0.05, 0.1) is 0 Å². The summed E-state index contributed by atoms with van der Waals surface area (Å²) in [5.74, 6) is 0. The molecule has 3 rings (SSSR count). The molecule has 1 aliphatic rings. The van der Waals surface area contributed by atoms with Crippen LogP contribution in [0.4, 0.5) is 0 Å². The first-order chi connectivity index (χ1) is 8.33. The highest BCUT2D eigenvalue weighted by Gasteiger charge is 2.13. The fourth-order valence-corrected chi connectivity index (χ4v) is 4.03. The van der Waals surface area contributed by atoms with E-state index >= 15 is 0 Å². The minimum absolute atomic E-state index is 0.797. The Morgan fingerprint density at radius 1 is 0.882 bits per heavy atom. The molecule has 0 N–H and O–H groups in total. The van der Waals surface area contributed by atoms with E-state index in [-0.39, 0.29) is 0 Å². The van der Waals surface area contributed by atoms with Crippen molar-refractivity contribution in [1.82, 2.24) is 0 Å². The third-order valence-corrected chi connectivity index (χ3v) is 5.09. The van der Waals surface area contributed by atoms with Gasteiger partial charge in [-0.2, -0.15) is 0 Å². The summed E-state index contributed by atoms with van der Waals surface area (Å²) in [7, 11) is 0. The SMILES string of the molecule is Clc1ccc2c(c1)SC(c1ccccc1)=CS2. The molecule has 0 aliphatic carbocycles. The summed E-state index contributed by atoms with van der Waals surface area (Å²) >= 11 is 9.57. The van der Waals surface area contributed by atoms with E-state index in [1.54, 1.807) is 23.5 Å². The van der Waals surface area contributed by atoms with Crippen LogP contribution in [-0.2, 0) is 0 Å². The van der Waals surface area contributed by atoms with Crippen LogP contribution in [-0.4, -0.2) is 0 Å². The maximum atomic E-state index is 6.03. The Bertz CT molecular complexity index is 576. The van der Waals surface area contributed by atoms with Gasteiger partial charge in [-0.25, -0.2) is 0 Å². The zero-order valence-corrected chi connectivity index (χ0v) is 11.3. The van der Waals surface area contributed by atoms with Gasteiger partial charge in [-0.15, -0.1) is 0 Å². The molecule has 2 aromatic rings. The van der Waals surface area contributed by atoms with Crippen LogP contribution in [0, 0.1) is 0 Å². The molecule has 0 bridgehead atoms. The molecule has 0 nitrogen and oxygen atoms in total. The minimum Gasteiger partial charge on any atom is -0.0957 e. The third kappa shape index (κ3) is 2.39. The van der Waals surface area contributed by atoms with Crippen molar-refractivity contribution in [1.29, 1.82) is 0 Å². The Labute approximate surface area is 114 Å². The van der Waals surface area contributed by atoms with Crippen molar-refractivity contribution in [3.8, 4) is 0 Å². The molecular formula is C14H9ClS2. The van der Waals surface area contributed by atoms with E-state index in [1.807, 2.05) is 18.2 Å². The minimum atomic E-state index is 0.797. The highest BCUT2D eigenvalue weighted by molar-refractivity contribution is 8.12. The number of rotatable bonds is 1. The molecule has 0 fully saturated rings. The molecular weight excluding hydrogens is 268 g/mol. The summed E-state index contributed by atoms with van der Waals surface area (Å²) < 4.78 is 0. The average Bonchev–Trinajstić information content (AvgIpc) is 2.39. The number of fused-ring (bicyclic) bond motifs is 1. The Hall–Kier alpha value is -0.830. The van der Waals surface area contributed by atoms with Crippen molar-refractivity contribution in [3.63, 3.8) is 0 Å². The number of hydrogen-bond acceptors (Lipinski definition) is 2. The normalized spacial score (nSPS) is 14.1. The highest BCUT2D eigenvalue weighted by Crippen LogP contribution is 2.46. The van der Waals surface area contributed by atoms with Crippen LogP contribution in [0.25, 0.3) is 4.91 Å². The van der Waals surface area contributed by atoms with E-state index in [2.05, 4.69) is 35.7 Å². The van der Waals surface area contributed by atoms with Crippen LogP contribution in [0.3, 0.4) is 0 Å². The van der Waals surface area contributed by atoms with Gasteiger partial charge in [0.25, 0.3) is 0 Å². The molecule has 17 heavy (non-hydrogen) atoms. The molecule has 2 aromatic carbocycles. The molecule has 0 atom stereocenters. The van der Waals surface area contributed by atoms with Crippen LogP contribution in [0.15, 0.2) is 63.7 Å². The molecule has 1 aliphatic heterocycles. The molecule has 1 heterocycles. The van der Waals surface area contributed by atoms with Gasteiger partial charge in [0.1, 0.15) is 0 Å². The second kappa shape index (κ2) is 4.81. The fourth-order valence-electron chi connectivity index (χ4n) is 1.65. The molecule has 0 spiro atoms. The number of benzene rings is 2. The average molecular weight is 277 g/mol. The van der Waals surface area contributed by atoms with E-state index in [0.717, 1.165) is 5.02 Å². The first-order valence-electron chi connectivity index (χ1n) is 5.22. The number of thioether (sulfide) groups is 2. The standard InChI is InChI=1S/C14H9ClS2/c15-11-6-7-12-13(8-11)17-14(9-16-12)10-4-2-1-3-5-10/h1-9H. The molecule has 0 saturated heterocycles. The monoisotopic (exact) mass is 276 g/mol. The van der Waals surface area contributed by atoms with Crippen molar-refractivity contribution in [2.45, 2.75) is 9.79 Å². The van der Waals surface area contributed by atoms with E-state index in [0.29, 0.717) is 0 Å². The van der Waals surface area contributed by atoms with Gasteiger partial charge in [-0.05, 0) is 29.2 Å². The van der Waals surface area contributed by atoms with Gasteiger partial charge in [-0.1, -0.05) is 65.5 Å². The second-order valence-corrected chi connectivity index (χ2v) is 6.09. The topological polar surface area (TPSA) is 0 Å². The first-order valence-corrected chi connectivity index (χ1v) is 7.30. The van der Waals surface area contributed by atoms with Gasteiger partial charge < -0.3 is 0 Å². The molecule has 0 unspecified atom stereocenters. The third-order valence-electron chi connectivity index (χ3n) is 2.48. The largest absolute Gasteiger partial charge is 0.0957 e. The first kappa shape index (κ1) is 11.3. The van der Waals surface area contributed by atoms with E-state index in [1.165, 1.54) is 20.3 Å². The summed E-state index contributed by atoms with van der Waals surface area (Å²) in [4.78, 5) is 3.80. The fraction of sp³-hybridized carbons (Fsp3) is 0. The Morgan fingerprint density at radius 2 is 1.71 bits per heavy atom. The smallest absolute Gasteiger partial charge is 0.0418 e.